The molecular weight excluding hydrogens is 372 g/mol. The minimum atomic E-state index is -0.504. The molecule has 0 bridgehead atoms. The Balaban J connectivity index is 1.53. The molecule has 0 saturated carbocycles. The monoisotopic (exact) mass is 392 g/mol. The fourth-order valence-electron chi connectivity index (χ4n) is 2.20. The zero-order valence-electron chi connectivity index (χ0n) is 15.0. The van der Waals surface area contributed by atoms with Crippen LogP contribution in [0.4, 0.5) is 11.4 Å². The summed E-state index contributed by atoms with van der Waals surface area (Å²) in [6.45, 7) is 1.47. The van der Waals surface area contributed by atoms with Gasteiger partial charge in [0.2, 0.25) is 0 Å². The van der Waals surface area contributed by atoms with Crippen molar-refractivity contribution in [2.24, 2.45) is 0 Å². The molecule has 0 spiro atoms. The van der Waals surface area contributed by atoms with Crippen LogP contribution in [0.2, 0.25) is 0 Å². The molecule has 0 aromatic heterocycles. The molecule has 0 N–H and O–H groups in total. The third-order valence-corrected chi connectivity index (χ3v) is 3.47. The quantitative estimate of drug-likeness (QED) is 0.289. The van der Waals surface area contributed by atoms with E-state index < -0.39 is 9.85 Å². The molecular formula is C18H20N2O8. The number of nitrogens with zero attached hydrogens (tertiary/aromatic N) is 2. The highest BCUT2D eigenvalue weighted by Gasteiger charge is 2.14. The largest absolute Gasteiger partial charge is 0.484 e. The first-order chi connectivity index (χ1) is 13.6. The van der Waals surface area contributed by atoms with E-state index in [1.807, 2.05) is 0 Å². The van der Waals surface area contributed by atoms with Crippen molar-refractivity contribution in [3.05, 3.63) is 68.8 Å². The van der Waals surface area contributed by atoms with Crippen LogP contribution in [0.1, 0.15) is 0 Å². The van der Waals surface area contributed by atoms with Crippen molar-refractivity contribution in [3.8, 4) is 11.5 Å². The maximum Gasteiger partial charge on any atom is 0.310 e. The van der Waals surface area contributed by atoms with E-state index in [4.69, 9.17) is 18.9 Å². The normalized spacial score (nSPS) is 10.4. The lowest BCUT2D eigenvalue weighted by Crippen LogP contribution is -2.14. The summed E-state index contributed by atoms with van der Waals surface area (Å²) in [6.07, 6.45) is 0. The molecule has 0 aliphatic heterocycles. The zero-order valence-corrected chi connectivity index (χ0v) is 15.0. The summed E-state index contributed by atoms with van der Waals surface area (Å²) < 4.78 is 21.3. The van der Waals surface area contributed by atoms with E-state index in [1.165, 1.54) is 24.3 Å². The third-order valence-electron chi connectivity index (χ3n) is 3.47. The number of benzene rings is 2. The van der Waals surface area contributed by atoms with Crippen LogP contribution in [0.3, 0.4) is 0 Å². The minimum absolute atomic E-state index is 0.0931. The van der Waals surface area contributed by atoms with E-state index in [1.54, 1.807) is 24.3 Å². The van der Waals surface area contributed by atoms with Gasteiger partial charge in [-0.2, -0.15) is 0 Å². The Hall–Kier alpha value is -3.24. The molecule has 0 aliphatic rings. The molecule has 28 heavy (non-hydrogen) atoms. The molecule has 0 aliphatic carbocycles. The average Bonchev–Trinajstić information content (AvgIpc) is 2.69. The standard InChI is InChI=1S/C18H20N2O8/c21-19(22)15-5-1-3-7-17(15)27-13-11-25-9-10-26-12-14-28-18-8-4-2-6-16(18)20(23)24/h1-8H,9-14H2. The van der Waals surface area contributed by atoms with Crippen LogP contribution >= 0.6 is 0 Å². The summed E-state index contributed by atoms with van der Waals surface area (Å²) in [5, 5.41) is 21.7. The van der Waals surface area contributed by atoms with Crippen LogP contribution in [0.15, 0.2) is 48.5 Å². The topological polar surface area (TPSA) is 123 Å². The lowest BCUT2D eigenvalue weighted by Gasteiger charge is -2.09. The Labute approximate surface area is 160 Å². The first-order valence-electron chi connectivity index (χ1n) is 8.47. The highest BCUT2D eigenvalue weighted by atomic mass is 16.6. The van der Waals surface area contributed by atoms with E-state index >= 15 is 0 Å². The first-order valence-corrected chi connectivity index (χ1v) is 8.47. The van der Waals surface area contributed by atoms with Crippen LogP contribution in [-0.2, 0) is 9.47 Å². The Morgan fingerprint density at radius 2 is 0.964 bits per heavy atom. The van der Waals surface area contributed by atoms with Crippen LogP contribution < -0.4 is 9.47 Å². The molecule has 10 nitrogen and oxygen atoms in total. The summed E-state index contributed by atoms with van der Waals surface area (Å²) >= 11 is 0. The fraction of sp³-hybridized carbons (Fsp3) is 0.333. The first kappa shape index (κ1) is 21.1. The van der Waals surface area contributed by atoms with Crippen molar-refractivity contribution in [1.29, 1.82) is 0 Å². The van der Waals surface area contributed by atoms with Crippen molar-refractivity contribution >= 4 is 11.4 Å². The number of hydrogen-bond acceptors (Lipinski definition) is 8. The van der Waals surface area contributed by atoms with Crippen LogP contribution in [0.25, 0.3) is 0 Å². The summed E-state index contributed by atoms with van der Waals surface area (Å²) in [5.41, 5.74) is -0.186. The van der Waals surface area contributed by atoms with Gasteiger partial charge in [-0.15, -0.1) is 0 Å². The Kier molecular flexibility index (Phi) is 8.63. The Bertz CT molecular complexity index is 718. The molecule has 0 radical (unpaired) electrons. The van der Waals surface area contributed by atoms with Crippen molar-refractivity contribution < 1.29 is 28.8 Å². The molecule has 0 unspecified atom stereocenters. The third kappa shape index (κ3) is 6.82. The summed E-state index contributed by atoms with van der Waals surface area (Å²) in [5.74, 6) is 0.388. The predicted octanol–water partition coefficient (Wildman–Crippen LogP) is 2.99. The summed E-state index contributed by atoms with van der Waals surface area (Å²) in [7, 11) is 0. The minimum Gasteiger partial charge on any atom is -0.484 e. The lowest BCUT2D eigenvalue weighted by atomic mass is 10.3. The van der Waals surface area contributed by atoms with Gasteiger partial charge in [-0.3, -0.25) is 20.2 Å². The van der Waals surface area contributed by atoms with Crippen molar-refractivity contribution in [2.75, 3.05) is 39.6 Å². The van der Waals surface area contributed by atoms with Crippen LogP contribution in [0.5, 0.6) is 11.5 Å². The SMILES string of the molecule is O=[N+]([O-])c1ccccc1OCCOCCOCCOc1ccccc1[N+](=O)[O-]. The Morgan fingerprint density at radius 3 is 1.36 bits per heavy atom. The zero-order chi connectivity index (χ0) is 20.2. The Morgan fingerprint density at radius 1 is 0.607 bits per heavy atom. The molecule has 0 atom stereocenters. The second-order valence-corrected chi connectivity index (χ2v) is 5.37. The van der Waals surface area contributed by atoms with Gasteiger partial charge >= 0.3 is 11.4 Å². The van der Waals surface area contributed by atoms with Crippen LogP contribution in [0, 0.1) is 20.2 Å². The molecule has 0 amide bonds. The maximum absolute atomic E-state index is 10.9. The van der Waals surface area contributed by atoms with Gasteiger partial charge in [0.1, 0.15) is 13.2 Å². The number of para-hydroxylation sites is 4. The van der Waals surface area contributed by atoms with E-state index in [-0.39, 0.29) is 49.3 Å². The van der Waals surface area contributed by atoms with E-state index in [0.717, 1.165) is 0 Å². The summed E-state index contributed by atoms with van der Waals surface area (Å²) in [6, 6.07) is 12.2. The van der Waals surface area contributed by atoms with Gasteiger partial charge in [0, 0.05) is 12.1 Å². The van der Waals surface area contributed by atoms with Gasteiger partial charge < -0.3 is 18.9 Å². The second-order valence-electron chi connectivity index (χ2n) is 5.37. The second kappa shape index (κ2) is 11.5. The molecule has 0 saturated heterocycles. The molecule has 0 heterocycles. The lowest BCUT2D eigenvalue weighted by molar-refractivity contribution is -0.386. The molecule has 10 heteroatoms. The fourth-order valence-corrected chi connectivity index (χ4v) is 2.20. The predicted molar refractivity (Wildman–Crippen MR) is 98.8 cm³/mol. The number of hydrogen-bond donors (Lipinski definition) is 0. The number of nitro groups is 2. The van der Waals surface area contributed by atoms with Crippen molar-refractivity contribution in [3.63, 3.8) is 0 Å². The molecule has 2 aromatic carbocycles. The highest BCUT2D eigenvalue weighted by Crippen LogP contribution is 2.26. The van der Waals surface area contributed by atoms with E-state index in [9.17, 15) is 20.2 Å². The van der Waals surface area contributed by atoms with Gasteiger partial charge in [0.05, 0.1) is 36.3 Å². The van der Waals surface area contributed by atoms with Gasteiger partial charge in [-0.1, -0.05) is 24.3 Å². The van der Waals surface area contributed by atoms with E-state index in [0.29, 0.717) is 13.2 Å². The molecule has 0 fully saturated rings. The number of ether oxygens (including phenoxy) is 4. The van der Waals surface area contributed by atoms with Gasteiger partial charge in [0.25, 0.3) is 0 Å². The van der Waals surface area contributed by atoms with Crippen molar-refractivity contribution in [1.82, 2.24) is 0 Å². The van der Waals surface area contributed by atoms with Crippen molar-refractivity contribution in [2.45, 2.75) is 0 Å². The van der Waals surface area contributed by atoms with Gasteiger partial charge in [-0.25, -0.2) is 0 Å². The van der Waals surface area contributed by atoms with Gasteiger partial charge in [0.15, 0.2) is 11.5 Å². The molecule has 2 rings (SSSR count). The van der Waals surface area contributed by atoms with Gasteiger partial charge in [-0.05, 0) is 12.1 Å². The van der Waals surface area contributed by atoms with E-state index in [2.05, 4.69) is 0 Å². The number of nitro benzene ring substituents is 2. The highest BCUT2D eigenvalue weighted by molar-refractivity contribution is 5.46. The summed E-state index contributed by atoms with van der Waals surface area (Å²) in [4.78, 5) is 20.7. The molecule has 2 aromatic rings. The average molecular weight is 392 g/mol. The smallest absolute Gasteiger partial charge is 0.310 e. The number of rotatable bonds is 13. The maximum atomic E-state index is 10.9. The van der Waals surface area contributed by atoms with Crippen LogP contribution in [-0.4, -0.2) is 49.5 Å². The molecule has 150 valence electrons.